The summed E-state index contributed by atoms with van der Waals surface area (Å²) in [7, 11) is -3.26. The highest BCUT2D eigenvalue weighted by molar-refractivity contribution is 7.88. The second kappa shape index (κ2) is 11.4. The number of carbonyl (C=O) groups excluding carboxylic acids is 1. The molecule has 36 heavy (non-hydrogen) atoms. The molecule has 0 saturated heterocycles. The SMILES string of the molecule is Cc1nc(-n2ccnc2)nc(NCC(=O)NCCc2ccc3c(c2)OCO3)c1CCCNS(C)(=O)=O. The van der Waals surface area contributed by atoms with Crippen molar-refractivity contribution in [3.8, 4) is 17.4 Å². The summed E-state index contributed by atoms with van der Waals surface area (Å²) < 4.78 is 37.6. The van der Waals surface area contributed by atoms with Crippen LogP contribution in [0.15, 0.2) is 36.9 Å². The summed E-state index contributed by atoms with van der Waals surface area (Å²) in [5.74, 6) is 2.21. The lowest BCUT2D eigenvalue weighted by Crippen LogP contribution is -2.32. The summed E-state index contributed by atoms with van der Waals surface area (Å²) >= 11 is 0. The van der Waals surface area contributed by atoms with Crippen molar-refractivity contribution in [1.82, 2.24) is 29.6 Å². The topological polar surface area (TPSA) is 149 Å². The van der Waals surface area contributed by atoms with Crippen LogP contribution in [0.2, 0.25) is 0 Å². The molecule has 0 spiro atoms. The Morgan fingerprint density at radius 3 is 2.75 bits per heavy atom. The first-order chi connectivity index (χ1) is 17.3. The van der Waals surface area contributed by atoms with E-state index in [2.05, 4.69) is 30.3 Å². The number of rotatable bonds is 12. The van der Waals surface area contributed by atoms with E-state index in [1.807, 2.05) is 25.1 Å². The number of aromatic nitrogens is 4. The first kappa shape index (κ1) is 25.4. The van der Waals surface area contributed by atoms with Crippen LogP contribution in [0.1, 0.15) is 23.2 Å². The van der Waals surface area contributed by atoms with Gasteiger partial charge in [-0.3, -0.25) is 9.36 Å². The summed E-state index contributed by atoms with van der Waals surface area (Å²) in [4.78, 5) is 25.7. The van der Waals surface area contributed by atoms with Gasteiger partial charge >= 0.3 is 0 Å². The molecule has 3 aromatic rings. The Balaban J connectivity index is 1.36. The Bertz CT molecular complexity index is 1310. The molecule has 0 bridgehead atoms. The highest BCUT2D eigenvalue weighted by Gasteiger charge is 2.15. The van der Waals surface area contributed by atoms with Gasteiger partial charge in [-0.1, -0.05) is 6.07 Å². The van der Waals surface area contributed by atoms with Crippen molar-refractivity contribution < 1.29 is 22.7 Å². The fraction of sp³-hybridized carbons (Fsp3) is 0.391. The van der Waals surface area contributed by atoms with E-state index < -0.39 is 10.0 Å². The van der Waals surface area contributed by atoms with Crippen molar-refractivity contribution in [3.05, 3.63) is 53.7 Å². The monoisotopic (exact) mass is 515 g/mol. The number of fused-ring (bicyclic) bond motifs is 1. The number of carbonyl (C=O) groups is 1. The zero-order chi connectivity index (χ0) is 25.5. The number of hydrogen-bond acceptors (Lipinski definition) is 9. The molecule has 4 rings (SSSR count). The van der Waals surface area contributed by atoms with Crippen LogP contribution < -0.4 is 24.8 Å². The van der Waals surface area contributed by atoms with Gasteiger partial charge in [-0.15, -0.1) is 0 Å². The number of sulfonamides is 1. The van der Waals surface area contributed by atoms with Crippen molar-refractivity contribution in [3.63, 3.8) is 0 Å². The van der Waals surface area contributed by atoms with Gasteiger partial charge in [-0.25, -0.2) is 23.1 Å². The van der Waals surface area contributed by atoms with E-state index in [0.717, 1.165) is 28.8 Å². The van der Waals surface area contributed by atoms with Gasteiger partial charge in [0.25, 0.3) is 0 Å². The van der Waals surface area contributed by atoms with Crippen molar-refractivity contribution >= 4 is 21.7 Å². The molecule has 1 amide bonds. The minimum absolute atomic E-state index is 0.0234. The number of hydrogen-bond donors (Lipinski definition) is 3. The molecule has 0 radical (unpaired) electrons. The molecule has 0 fully saturated rings. The van der Waals surface area contributed by atoms with Crippen LogP contribution in [-0.2, 0) is 27.7 Å². The molecule has 1 aromatic carbocycles. The van der Waals surface area contributed by atoms with Crippen LogP contribution in [0.5, 0.6) is 11.5 Å². The largest absolute Gasteiger partial charge is 0.454 e. The second-order valence-electron chi connectivity index (χ2n) is 8.32. The van der Waals surface area contributed by atoms with E-state index in [-0.39, 0.29) is 19.2 Å². The lowest BCUT2D eigenvalue weighted by molar-refractivity contribution is -0.119. The molecule has 192 valence electrons. The van der Waals surface area contributed by atoms with E-state index in [9.17, 15) is 13.2 Å². The number of anilines is 1. The predicted octanol–water partition coefficient (Wildman–Crippen LogP) is 0.952. The Labute approximate surface area is 209 Å². The second-order valence-corrected chi connectivity index (χ2v) is 10.2. The summed E-state index contributed by atoms with van der Waals surface area (Å²) in [6, 6.07) is 5.73. The van der Waals surface area contributed by atoms with Crippen LogP contribution in [0, 0.1) is 6.92 Å². The molecule has 0 atom stereocenters. The van der Waals surface area contributed by atoms with Crippen molar-refractivity contribution in [2.75, 3.05) is 38.0 Å². The first-order valence-corrected chi connectivity index (χ1v) is 13.4. The Kier molecular flexibility index (Phi) is 8.00. The summed E-state index contributed by atoms with van der Waals surface area (Å²) in [5, 5.41) is 6.03. The average molecular weight is 516 g/mol. The Morgan fingerprint density at radius 2 is 1.97 bits per heavy atom. The Morgan fingerprint density at radius 1 is 1.14 bits per heavy atom. The third-order valence-electron chi connectivity index (χ3n) is 5.49. The van der Waals surface area contributed by atoms with Gasteiger partial charge in [0.15, 0.2) is 11.5 Å². The van der Waals surface area contributed by atoms with E-state index in [4.69, 9.17) is 9.47 Å². The fourth-order valence-corrected chi connectivity index (χ4v) is 4.23. The highest BCUT2D eigenvalue weighted by atomic mass is 32.2. The van der Waals surface area contributed by atoms with Crippen LogP contribution in [0.25, 0.3) is 5.95 Å². The summed E-state index contributed by atoms with van der Waals surface area (Å²) in [5.41, 5.74) is 2.59. The van der Waals surface area contributed by atoms with Gasteiger partial charge in [-0.2, -0.15) is 4.98 Å². The van der Waals surface area contributed by atoms with E-state index >= 15 is 0 Å². The molecule has 0 unspecified atom stereocenters. The van der Waals surface area contributed by atoms with Crippen molar-refractivity contribution in [2.24, 2.45) is 0 Å². The smallest absolute Gasteiger partial charge is 0.239 e. The lowest BCUT2D eigenvalue weighted by atomic mass is 10.1. The number of ether oxygens (including phenoxy) is 2. The Hall–Kier alpha value is -3.71. The maximum absolute atomic E-state index is 12.5. The molecule has 2 aromatic heterocycles. The molecular weight excluding hydrogens is 486 g/mol. The molecule has 1 aliphatic heterocycles. The maximum Gasteiger partial charge on any atom is 0.239 e. The van der Waals surface area contributed by atoms with Crippen LogP contribution in [0.4, 0.5) is 5.82 Å². The van der Waals surface area contributed by atoms with Gasteiger partial charge in [0.1, 0.15) is 12.1 Å². The van der Waals surface area contributed by atoms with Crippen LogP contribution in [-0.4, -0.2) is 66.5 Å². The van der Waals surface area contributed by atoms with Gasteiger partial charge in [0.2, 0.25) is 28.7 Å². The normalized spacial score (nSPS) is 12.5. The maximum atomic E-state index is 12.5. The fourth-order valence-electron chi connectivity index (χ4n) is 3.71. The minimum Gasteiger partial charge on any atom is -0.454 e. The lowest BCUT2D eigenvalue weighted by Gasteiger charge is -2.15. The zero-order valence-corrected chi connectivity index (χ0v) is 21.0. The number of nitrogens with one attached hydrogen (secondary N) is 3. The number of aryl methyl sites for hydroxylation is 1. The highest BCUT2D eigenvalue weighted by Crippen LogP contribution is 2.32. The average Bonchev–Trinajstić information content (AvgIpc) is 3.52. The van der Waals surface area contributed by atoms with Crippen molar-refractivity contribution in [1.29, 1.82) is 0 Å². The quantitative estimate of drug-likeness (QED) is 0.300. The number of nitrogens with zero attached hydrogens (tertiary/aromatic N) is 4. The molecule has 3 N–H and O–H groups in total. The van der Waals surface area contributed by atoms with E-state index in [1.165, 1.54) is 0 Å². The number of amides is 1. The minimum atomic E-state index is -3.26. The van der Waals surface area contributed by atoms with Crippen molar-refractivity contribution in [2.45, 2.75) is 26.2 Å². The predicted molar refractivity (Wildman–Crippen MR) is 133 cm³/mol. The number of benzene rings is 1. The molecule has 0 aliphatic carbocycles. The van der Waals surface area contributed by atoms with Gasteiger partial charge in [-0.05, 0) is 43.9 Å². The van der Waals surface area contributed by atoms with Gasteiger partial charge in [0, 0.05) is 36.7 Å². The zero-order valence-electron chi connectivity index (χ0n) is 20.2. The molecule has 13 heteroatoms. The van der Waals surface area contributed by atoms with E-state index in [0.29, 0.717) is 49.9 Å². The van der Waals surface area contributed by atoms with Crippen LogP contribution in [0.3, 0.4) is 0 Å². The van der Waals surface area contributed by atoms with E-state index in [1.54, 1.807) is 23.3 Å². The summed E-state index contributed by atoms with van der Waals surface area (Å²) in [6.45, 7) is 2.87. The van der Waals surface area contributed by atoms with Gasteiger partial charge in [0.05, 0.1) is 12.8 Å². The molecule has 12 nitrogen and oxygen atoms in total. The number of imidazole rings is 1. The van der Waals surface area contributed by atoms with Gasteiger partial charge < -0.3 is 20.1 Å². The third kappa shape index (κ3) is 6.92. The third-order valence-corrected chi connectivity index (χ3v) is 6.22. The first-order valence-electron chi connectivity index (χ1n) is 11.5. The van der Waals surface area contributed by atoms with Crippen LogP contribution >= 0.6 is 0 Å². The standard InChI is InChI=1S/C23H29N7O5S/c1-16-18(4-3-8-27-36(2,32)33)22(29-23(28-16)30-11-10-24-14-30)26-13-21(31)25-9-7-17-5-6-19-20(12-17)35-15-34-19/h5-6,10-12,14,27H,3-4,7-9,13,15H2,1-2H3,(H,25,31)(H,26,28,29). The summed E-state index contributed by atoms with van der Waals surface area (Å²) in [6.07, 6.45) is 7.82. The molecule has 1 aliphatic rings. The molecular formula is C23H29N7O5S. The molecule has 3 heterocycles. The molecule has 0 saturated carbocycles.